The zero-order chi connectivity index (χ0) is 14.6. The van der Waals surface area contributed by atoms with Gasteiger partial charge in [0.2, 0.25) is 0 Å². The van der Waals surface area contributed by atoms with Gasteiger partial charge in [-0.2, -0.15) is 0 Å². The van der Waals surface area contributed by atoms with Crippen molar-refractivity contribution in [2.24, 2.45) is 5.92 Å². The molecule has 0 spiro atoms. The van der Waals surface area contributed by atoms with E-state index in [0.717, 1.165) is 38.3 Å². The Hall–Kier alpha value is -0.810. The molecule has 116 valence electrons. The van der Waals surface area contributed by atoms with Gasteiger partial charge in [-0.25, -0.2) is 4.79 Å². The molecule has 2 aliphatic rings. The molecular formula is C15H29N3O2. The van der Waals surface area contributed by atoms with Crippen LogP contribution in [0.3, 0.4) is 0 Å². The summed E-state index contributed by atoms with van der Waals surface area (Å²) in [4.78, 5) is 14.2. The van der Waals surface area contributed by atoms with Gasteiger partial charge in [0, 0.05) is 19.1 Å². The first-order valence-corrected chi connectivity index (χ1v) is 7.97. The number of carbonyl (C=O) groups is 1. The zero-order valence-corrected chi connectivity index (χ0v) is 12.8. The van der Waals surface area contributed by atoms with E-state index in [0.29, 0.717) is 19.1 Å². The Morgan fingerprint density at radius 2 is 2.00 bits per heavy atom. The first-order valence-electron chi connectivity index (χ1n) is 7.97. The number of nitrogens with one attached hydrogen (secondary N) is 2. The van der Waals surface area contributed by atoms with Gasteiger partial charge in [0.25, 0.3) is 0 Å². The van der Waals surface area contributed by atoms with Gasteiger partial charge in [0.05, 0.1) is 5.60 Å². The molecule has 1 atom stereocenters. The zero-order valence-electron chi connectivity index (χ0n) is 12.8. The van der Waals surface area contributed by atoms with Crippen molar-refractivity contribution in [3.05, 3.63) is 0 Å². The van der Waals surface area contributed by atoms with Crippen molar-refractivity contribution < 1.29 is 9.90 Å². The molecule has 0 aromatic rings. The summed E-state index contributed by atoms with van der Waals surface area (Å²) in [5.41, 5.74) is -0.647. The van der Waals surface area contributed by atoms with Crippen LogP contribution in [0.2, 0.25) is 0 Å². The highest BCUT2D eigenvalue weighted by molar-refractivity contribution is 5.73. The summed E-state index contributed by atoms with van der Waals surface area (Å²) in [6.07, 6.45) is 5.17. The number of likely N-dealkylation sites (tertiary alicyclic amines) is 1. The number of hydrogen-bond acceptors (Lipinski definition) is 3. The van der Waals surface area contributed by atoms with Crippen LogP contribution in [0.1, 0.15) is 46.0 Å². The van der Waals surface area contributed by atoms with E-state index in [1.807, 2.05) is 0 Å². The number of hydrogen-bond donors (Lipinski definition) is 3. The second-order valence-corrected chi connectivity index (χ2v) is 6.71. The summed E-state index contributed by atoms with van der Waals surface area (Å²) in [6.45, 7) is 7.76. The first kappa shape index (κ1) is 15.6. The van der Waals surface area contributed by atoms with Crippen molar-refractivity contribution >= 4 is 6.03 Å². The summed E-state index contributed by atoms with van der Waals surface area (Å²) >= 11 is 0. The van der Waals surface area contributed by atoms with Gasteiger partial charge in [-0.1, -0.05) is 6.92 Å². The molecule has 1 unspecified atom stereocenters. The van der Waals surface area contributed by atoms with E-state index < -0.39 is 5.60 Å². The van der Waals surface area contributed by atoms with Gasteiger partial charge < -0.3 is 15.7 Å². The molecule has 1 heterocycles. The molecule has 1 aliphatic heterocycles. The fourth-order valence-electron chi connectivity index (χ4n) is 2.91. The normalized spacial score (nSPS) is 24.8. The number of amides is 2. The second kappa shape index (κ2) is 6.76. The summed E-state index contributed by atoms with van der Waals surface area (Å²) in [5, 5.41) is 15.6. The highest BCUT2D eigenvalue weighted by atomic mass is 16.3. The van der Waals surface area contributed by atoms with Gasteiger partial charge in [0.15, 0.2) is 0 Å². The van der Waals surface area contributed by atoms with Crippen LogP contribution in [-0.2, 0) is 0 Å². The maximum Gasteiger partial charge on any atom is 0.314 e. The number of rotatable bonds is 5. The standard InChI is InChI=1S/C15H29N3O2/c1-12-4-8-18(9-5-12)13(2)10-16-14(19)17-11-15(20)6-3-7-15/h12-13,20H,3-11H2,1-2H3,(H2,16,17,19). The number of aliphatic hydroxyl groups is 1. The predicted molar refractivity (Wildman–Crippen MR) is 79.6 cm³/mol. The number of urea groups is 1. The highest BCUT2D eigenvalue weighted by Gasteiger charge is 2.34. The largest absolute Gasteiger partial charge is 0.388 e. The molecule has 3 N–H and O–H groups in total. The third-order valence-electron chi connectivity index (χ3n) is 4.86. The van der Waals surface area contributed by atoms with E-state index in [1.54, 1.807) is 0 Å². The van der Waals surface area contributed by atoms with E-state index >= 15 is 0 Å². The van der Waals surface area contributed by atoms with Crippen molar-refractivity contribution in [3.8, 4) is 0 Å². The molecule has 0 radical (unpaired) electrons. The number of carbonyl (C=O) groups excluding carboxylic acids is 1. The van der Waals surface area contributed by atoms with Crippen LogP contribution in [0.4, 0.5) is 4.79 Å². The molecule has 0 aromatic carbocycles. The number of piperidine rings is 1. The third-order valence-corrected chi connectivity index (χ3v) is 4.86. The lowest BCUT2D eigenvalue weighted by Crippen LogP contribution is -2.52. The summed E-state index contributed by atoms with van der Waals surface area (Å²) in [7, 11) is 0. The van der Waals surface area contributed by atoms with Crippen LogP contribution in [-0.4, -0.2) is 53.9 Å². The quantitative estimate of drug-likeness (QED) is 0.713. The SMILES string of the molecule is CC1CCN(C(C)CNC(=O)NCC2(O)CCC2)CC1. The average Bonchev–Trinajstić information content (AvgIpc) is 2.41. The molecule has 1 aliphatic carbocycles. The lowest BCUT2D eigenvalue weighted by atomic mass is 9.80. The van der Waals surface area contributed by atoms with E-state index in [1.165, 1.54) is 12.8 Å². The maximum absolute atomic E-state index is 11.7. The van der Waals surface area contributed by atoms with Crippen molar-refractivity contribution in [1.82, 2.24) is 15.5 Å². The smallest absolute Gasteiger partial charge is 0.314 e. The minimum absolute atomic E-state index is 0.164. The minimum atomic E-state index is -0.647. The Bertz CT molecular complexity index is 323. The second-order valence-electron chi connectivity index (χ2n) is 6.71. The molecule has 5 heteroatoms. The van der Waals surface area contributed by atoms with E-state index in [-0.39, 0.29) is 6.03 Å². The monoisotopic (exact) mass is 283 g/mol. The first-order chi connectivity index (χ1) is 9.48. The lowest BCUT2D eigenvalue weighted by Gasteiger charge is -2.37. The van der Waals surface area contributed by atoms with Crippen LogP contribution < -0.4 is 10.6 Å². The minimum Gasteiger partial charge on any atom is -0.388 e. The topological polar surface area (TPSA) is 64.6 Å². The maximum atomic E-state index is 11.7. The molecule has 20 heavy (non-hydrogen) atoms. The Labute approximate surface area is 122 Å². The molecule has 5 nitrogen and oxygen atoms in total. The Morgan fingerprint density at radius 3 is 2.55 bits per heavy atom. The summed E-state index contributed by atoms with van der Waals surface area (Å²) < 4.78 is 0. The van der Waals surface area contributed by atoms with Crippen LogP contribution in [0.15, 0.2) is 0 Å². The predicted octanol–water partition coefficient (Wildman–Crippen LogP) is 1.32. The Balaban J connectivity index is 1.60. The van der Waals surface area contributed by atoms with Crippen LogP contribution in [0.5, 0.6) is 0 Å². The van der Waals surface area contributed by atoms with Crippen molar-refractivity contribution in [2.45, 2.75) is 57.6 Å². The van der Waals surface area contributed by atoms with Gasteiger partial charge in [-0.05, 0) is 58.0 Å². The molecular weight excluding hydrogens is 254 g/mol. The van der Waals surface area contributed by atoms with Gasteiger partial charge in [0.1, 0.15) is 0 Å². The lowest BCUT2D eigenvalue weighted by molar-refractivity contribution is -0.0290. The fourth-order valence-corrected chi connectivity index (χ4v) is 2.91. The summed E-state index contributed by atoms with van der Waals surface area (Å²) in [6, 6.07) is 0.211. The van der Waals surface area contributed by atoms with Crippen LogP contribution in [0, 0.1) is 5.92 Å². The van der Waals surface area contributed by atoms with Crippen LogP contribution in [0.25, 0.3) is 0 Å². The van der Waals surface area contributed by atoms with Gasteiger partial charge in [-0.3, -0.25) is 4.90 Å². The summed E-state index contributed by atoms with van der Waals surface area (Å²) in [5.74, 6) is 0.831. The number of nitrogens with zero attached hydrogens (tertiary/aromatic N) is 1. The van der Waals surface area contributed by atoms with Gasteiger partial charge in [-0.15, -0.1) is 0 Å². The Kier molecular flexibility index (Phi) is 5.27. The highest BCUT2D eigenvalue weighted by Crippen LogP contribution is 2.30. The molecule has 2 rings (SSSR count). The molecule has 1 saturated heterocycles. The molecule has 1 saturated carbocycles. The molecule has 0 bridgehead atoms. The fraction of sp³-hybridized carbons (Fsp3) is 0.933. The average molecular weight is 283 g/mol. The van der Waals surface area contributed by atoms with E-state index in [9.17, 15) is 9.90 Å². The Morgan fingerprint density at radius 1 is 1.35 bits per heavy atom. The van der Waals surface area contributed by atoms with Gasteiger partial charge >= 0.3 is 6.03 Å². The molecule has 2 amide bonds. The van der Waals surface area contributed by atoms with Crippen molar-refractivity contribution in [3.63, 3.8) is 0 Å². The van der Waals surface area contributed by atoms with Crippen molar-refractivity contribution in [2.75, 3.05) is 26.2 Å². The van der Waals surface area contributed by atoms with Crippen molar-refractivity contribution in [1.29, 1.82) is 0 Å². The molecule has 2 fully saturated rings. The third kappa shape index (κ3) is 4.35. The van der Waals surface area contributed by atoms with E-state index in [4.69, 9.17) is 0 Å². The molecule has 0 aromatic heterocycles. The van der Waals surface area contributed by atoms with E-state index in [2.05, 4.69) is 29.4 Å². The van der Waals surface area contributed by atoms with Crippen LogP contribution >= 0.6 is 0 Å².